The molecule has 0 bridgehead atoms. The molecule has 6 nitrogen and oxygen atoms in total. The number of hydrogen-bond acceptors (Lipinski definition) is 3. The maximum atomic E-state index is 13.4. The van der Waals surface area contributed by atoms with Gasteiger partial charge in [-0.05, 0) is 29.8 Å². The van der Waals surface area contributed by atoms with Gasteiger partial charge in [-0.15, -0.1) is 0 Å². The molecule has 0 saturated heterocycles. The quantitative estimate of drug-likeness (QED) is 0.776. The zero-order valence-corrected chi connectivity index (χ0v) is 12.7. The number of nitrogens with zero attached hydrogens (tertiary/aromatic N) is 3. The van der Waals surface area contributed by atoms with Crippen LogP contribution in [0.4, 0.5) is 4.39 Å². The molecular weight excluding hydrogens is 323 g/mol. The summed E-state index contributed by atoms with van der Waals surface area (Å²) in [7, 11) is 1.49. The molecule has 1 aromatic carbocycles. The van der Waals surface area contributed by atoms with E-state index in [1.165, 1.54) is 23.7 Å². The smallest absolute Gasteiger partial charge is 0.331 e. The molecular formula is C15H10ClFN4O2. The van der Waals surface area contributed by atoms with Crippen LogP contribution in [0.3, 0.4) is 0 Å². The van der Waals surface area contributed by atoms with Gasteiger partial charge in [0.05, 0.1) is 23.6 Å². The van der Waals surface area contributed by atoms with E-state index in [9.17, 15) is 14.0 Å². The molecule has 0 amide bonds. The predicted molar refractivity (Wildman–Crippen MR) is 83.0 cm³/mol. The average Bonchev–Trinajstić information content (AvgIpc) is 2.92. The molecule has 1 N–H and O–H groups in total. The third-order valence-electron chi connectivity index (χ3n) is 3.61. The monoisotopic (exact) mass is 332 g/mol. The van der Waals surface area contributed by atoms with E-state index < -0.39 is 17.1 Å². The number of benzene rings is 1. The Morgan fingerprint density at radius 3 is 2.78 bits per heavy atom. The van der Waals surface area contributed by atoms with E-state index in [1.807, 2.05) is 6.07 Å². The molecule has 0 atom stereocenters. The van der Waals surface area contributed by atoms with Crippen LogP contribution in [0.25, 0.3) is 11.0 Å². The highest BCUT2D eigenvalue weighted by molar-refractivity contribution is 6.30. The summed E-state index contributed by atoms with van der Waals surface area (Å²) >= 11 is 5.85. The number of nitriles is 1. The summed E-state index contributed by atoms with van der Waals surface area (Å²) in [6.07, 6.45) is 0. The predicted octanol–water partition coefficient (Wildman–Crippen LogP) is 1.74. The fourth-order valence-electron chi connectivity index (χ4n) is 2.46. The lowest BCUT2D eigenvalue weighted by Crippen LogP contribution is -2.39. The molecule has 0 saturated carbocycles. The molecule has 0 aliphatic heterocycles. The number of hydrogen-bond donors (Lipinski definition) is 1. The molecule has 2 aromatic heterocycles. The number of rotatable bonds is 2. The van der Waals surface area contributed by atoms with E-state index in [0.717, 1.165) is 16.7 Å². The molecule has 0 spiro atoms. The third-order valence-corrected chi connectivity index (χ3v) is 3.81. The van der Waals surface area contributed by atoms with Crippen molar-refractivity contribution in [1.82, 2.24) is 14.1 Å². The van der Waals surface area contributed by atoms with Gasteiger partial charge < -0.3 is 4.98 Å². The van der Waals surface area contributed by atoms with Crippen molar-refractivity contribution in [3.63, 3.8) is 0 Å². The first-order valence-corrected chi connectivity index (χ1v) is 6.96. The number of aryl methyl sites for hydroxylation is 1. The molecule has 0 unspecified atom stereocenters. The van der Waals surface area contributed by atoms with Crippen LogP contribution in [0, 0.1) is 17.1 Å². The van der Waals surface area contributed by atoms with Crippen molar-refractivity contribution in [3.05, 3.63) is 67.2 Å². The van der Waals surface area contributed by atoms with Crippen LogP contribution in [-0.4, -0.2) is 14.1 Å². The molecule has 2 heterocycles. The molecule has 3 rings (SSSR count). The molecule has 8 heteroatoms. The van der Waals surface area contributed by atoms with E-state index in [4.69, 9.17) is 16.9 Å². The second-order valence-electron chi connectivity index (χ2n) is 5.03. The lowest BCUT2D eigenvalue weighted by molar-refractivity contribution is 0.616. The number of nitrogens with one attached hydrogen (secondary N) is 1. The van der Waals surface area contributed by atoms with E-state index in [2.05, 4.69) is 4.98 Å². The van der Waals surface area contributed by atoms with Crippen LogP contribution in [0.2, 0.25) is 5.15 Å². The van der Waals surface area contributed by atoms with Gasteiger partial charge in [0, 0.05) is 7.05 Å². The SMILES string of the molecule is Cn1c(=O)n(Cc2cc(F)ccc2C#N)c(=O)c2cc(Cl)[nH]c21. The molecule has 0 fully saturated rings. The Hall–Kier alpha value is -2.85. The van der Waals surface area contributed by atoms with Crippen LogP contribution in [0.1, 0.15) is 11.1 Å². The zero-order chi connectivity index (χ0) is 16.7. The number of aromatic amines is 1. The minimum Gasteiger partial charge on any atom is -0.331 e. The first kappa shape index (κ1) is 15.1. The summed E-state index contributed by atoms with van der Waals surface area (Å²) in [5.41, 5.74) is -0.380. The minimum atomic E-state index is -0.589. The van der Waals surface area contributed by atoms with Crippen LogP contribution >= 0.6 is 11.6 Å². The maximum Gasteiger partial charge on any atom is 0.332 e. The van der Waals surface area contributed by atoms with Gasteiger partial charge in [-0.3, -0.25) is 13.9 Å². The van der Waals surface area contributed by atoms with Gasteiger partial charge in [-0.2, -0.15) is 5.26 Å². The third kappa shape index (κ3) is 2.43. The maximum absolute atomic E-state index is 13.4. The largest absolute Gasteiger partial charge is 0.332 e. The van der Waals surface area contributed by atoms with Gasteiger partial charge >= 0.3 is 5.69 Å². The number of H-pyrrole nitrogens is 1. The fourth-order valence-corrected chi connectivity index (χ4v) is 2.66. The second-order valence-corrected chi connectivity index (χ2v) is 5.43. The summed E-state index contributed by atoms with van der Waals surface area (Å²) in [6, 6.07) is 6.94. The molecule has 0 aliphatic rings. The second kappa shape index (κ2) is 5.41. The van der Waals surface area contributed by atoms with Crippen LogP contribution in [0.15, 0.2) is 33.9 Å². The summed E-state index contributed by atoms with van der Waals surface area (Å²) in [5, 5.41) is 9.56. The molecule has 0 radical (unpaired) electrons. The van der Waals surface area contributed by atoms with Gasteiger partial charge in [-0.25, -0.2) is 9.18 Å². The summed E-state index contributed by atoms with van der Waals surface area (Å²) in [5.74, 6) is -0.547. The fraction of sp³-hybridized carbons (Fsp3) is 0.133. The first-order chi connectivity index (χ1) is 10.9. The molecule has 3 aromatic rings. The van der Waals surface area contributed by atoms with Gasteiger partial charge in [0.25, 0.3) is 5.56 Å². The Morgan fingerprint density at radius 2 is 2.09 bits per heavy atom. The van der Waals surface area contributed by atoms with Crippen molar-refractivity contribution >= 4 is 22.6 Å². The van der Waals surface area contributed by atoms with Crippen molar-refractivity contribution in [2.24, 2.45) is 7.05 Å². The minimum absolute atomic E-state index is 0.201. The number of aromatic nitrogens is 3. The van der Waals surface area contributed by atoms with Crippen molar-refractivity contribution in [2.45, 2.75) is 6.54 Å². The van der Waals surface area contributed by atoms with E-state index in [1.54, 1.807) is 0 Å². The normalized spacial score (nSPS) is 10.9. The topological polar surface area (TPSA) is 83.6 Å². The summed E-state index contributed by atoms with van der Waals surface area (Å²) in [6.45, 7) is -0.203. The van der Waals surface area contributed by atoms with Gasteiger partial charge in [0.15, 0.2) is 0 Å². The van der Waals surface area contributed by atoms with Crippen molar-refractivity contribution in [1.29, 1.82) is 5.26 Å². The molecule has 23 heavy (non-hydrogen) atoms. The first-order valence-electron chi connectivity index (χ1n) is 6.59. The molecule has 116 valence electrons. The van der Waals surface area contributed by atoms with Crippen LogP contribution in [-0.2, 0) is 13.6 Å². The van der Waals surface area contributed by atoms with E-state index >= 15 is 0 Å². The lowest BCUT2D eigenvalue weighted by atomic mass is 10.1. The lowest BCUT2D eigenvalue weighted by Gasteiger charge is -2.09. The van der Waals surface area contributed by atoms with Crippen molar-refractivity contribution < 1.29 is 4.39 Å². The Labute approximate surface area is 134 Å². The average molecular weight is 333 g/mol. The zero-order valence-electron chi connectivity index (χ0n) is 11.9. The summed E-state index contributed by atoms with van der Waals surface area (Å²) < 4.78 is 15.6. The Morgan fingerprint density at radius 1 is 1.35 bits per heavy atom. The highest BCUT2D eigenvalue weighted by atomic mass is 35.5. The van der Waals surface area contributed by atoms with Crippen LogP contribution in [0.5, 0.6) is 0 Å². The van der Waals surface area contributed by atoms with Crippen molar-refractivity contribution in [2.75, 3.05) is 0 Å². The Bertz CT molecular complexity index is 1090. The summed E-state index contributed by atoms with van der Waals surface area (Å²) in [4.78, 5) is 27.6. The number of halogens is 2. The Balaban J connectivity index is 2.26. The molecule has 0 aliphatic carbocycles. The van der Waals surface area contributed by atoms with Crippen molar-refractivity contribution in [3.8, 4) is 6.07 Å². The van der Waals surface area contributed by atoms with Gasteiger partial charge in [0.2, 0.25) is 0 Å². The van der Waals surface area contributed by atoms with Gasteiger partial charge in [-0.1, -0.05) is 11.6 Å². The number of fused-ring (bicyclic) bond motifs is 1. The van der Waals surface area contributed by atoms with Gasteiger partial charge in [0.1, 0.15) is 16.6 Å². The highest BCUT2D eigenvalue weighted by Crippen LogP contribution is 2.15. The van der Waals surface area contributed by atoms with E-state index in [0.29, 0.717) is 5.65 Å². The van der Waals surface area contributed by atoms with E-state index in [-0.39, 0.29) is 28.2 Å². The van der Waals surface area contributed by atoms with Crippen LogP contribution < -0.4 is 11.2 Å². The highest BCUT2D eigenvalue weighted by Gasteiger charge is 2.15. The standard InChI is InChI=1S/C15H10ClFN4O2/c1-20-13-11(5-12(16)19-13)14(22)21(15(20)23)7-9-4-10(17)3-2-8(9)6-18/h2-5,19H,7H2,1H3. The Kier molecular flexibility index (Phi) is 3.54.